The highest BCUT2D eigenvalue weighted by atomic mass is 16.5. The van der Waals surface area contributed by atoms with Crippen LogP contribution in [0.5, 0.6) is 5.75 Å². The molecule has 1 aromatic carbocycles. The third-order valence-corrected chi connectivity index (χ3v) is 4.69. The summed E-state index contributed by atoms with van der Waals surface area (Å²) in [4.78, 5) is 25.1. The Hall–Kier alpha value is -2.55. The fraction of sp³-hybridized carbons (Fsp3) is 0.550. The van der Waals surface area contributed by atoms with Crippen molar-refractivity contribution >= 4 is 11.8 Å². The number of hydrogen-bond acceptors (Lipinski definition) is 4. The molecular formula is C20H27N3O3. The number of unbranched alkanes of at least 4 members (excludes halogenated alkanes) is 1. The van der Waals surface area contributed by atoms with Gasteiger partial charge < -0.3 is 15.4 Å². The molecule has 26 heavy (non-hydrogen) atoms. The summed E-state index contributed by atoms with van der Waals surface area (Å²) < 4.78 is 5.48. The highest BCUT2D eigenvalue weighted by molar-refractivity contribution is 5.92. The van der Waals surface area contributed by atoms with E-state index in [0.29, 0.717) is 30.7 Å². The summed E-state index contributed by atoms with van der Waals surface area (Å²) in [7, 11) is 0. The molecule has 1 aliphatic rings. The van der Waals surface area contributed by atoms with Gasteiger partial charge in [0.2, 0.25) is 5.91 Å². The first kappa shape index (κ1) is 19.8. The SMILES string of the molecule is CCCCNC(=O)C1(NC(=O)COc2ccc(C#N)cc2)CCCCC1. The Balaban J connectivity index is 1.92. The van der Waals surface area contributed by atoms with Gasteiger partial charge in [-0.15, -0.1) is 0 Å². The van der Waals surface area contributed by atoms with Crippen molar-refractivity contribution in [2.75, 3.05) is 13.2 Å². The molecule has 2 rings (SSSR count). The minimum absolute atomic E-state index is 0.0858. The van der Waals surface area contributed by atoms with E-state index in [9.17, 15) is 9.59 Å². The molecule has 6 heteroatoms. The molecule has 1 aliphatic carbocycles. The second-order valence-corrected chi connectivity index (χ2v) is 6.73. The molecular weight excluding hydrogens is 330 g/mol. The van der Waals surface area contributed by atoms with Gasteiger partial charge in [0.1, 0.15) is 11.3 Å². The Morgan fingerprint density at radius 2 is 1.88 bits per heavy atom. The van der Waals surface area contributed by atoms with E-state index < -0.39 is 5.54 Å². The standard InChI is InChI=1S/C20H27N3O3/c1-2-3-13-22-19(25)20(11-5-4-6-12-20)23-18(24)15-26-17-9-7-16(14-21)8-10-17/h7-10H,2-6,11-13,15H2,1H3,(H,22,25)(H,23,24). The van der Waals surface area contributed by atoms with Crippen LogP contribution in [0.4, 0.5) is 0 Å². The Kier molecular flexibility index (Phi) is 7.46. The molecule has 0 heterocycles. The smallest absolute Gasteiger partial charge is 0.258 e. The van der Waals surface area contributed by atoms with E-state index in [2.05, 4.69) is 17.6 Å². The number of rotatable bonds is 8. The summed E-state index contributed by atoms with van der Waals surface area (Å²) in [5.41, 5.74) is -0.288. The summed E-state index contributed by atoms with van der Waals surface area (Å²) in [6.45, 7) is 2.55. The van der Waals surface area contributed by atoms with Crippen LogP contribution in [-0.2, 0) is 9.59 Å². The molecule has 140 valence electrons. The van der Waals surface area contributed by atoms with Crippen molar-refractivity contribution in [2.45, 2.75) is 57.4 Å². The van der Waals surface area contributed by atoms with Crippen molar-refractivity contribution < 1.29 is 14.3 Å². The zero-order chi connectivity index (χ0) is 18.8. The van der Waals surface area contributed by atoms with Gasteiger partial charge >= 0.3 is 0 Å². The van der Waals surface area contributed by atoms with E-state index in [-0.39, 0.29) is 18.4 Å². The fourth-order valence-electron chi connectivity index (χ4n) is 3.19. The molecule has 0 spiro atoms. The van der Waals surface area contributed by atoms with Gasteiger partial charge in [-0.2, -0.15) is 5.26 Å². The van der Waals surface area contributed by atoms with Crippen LogP contribution in [0.15, 0.2) is 24.3 Å². The molecule has 1 aromatic rings. The first-order chi connectivity index (χ1) is 12.6. The van der Waals surface area contributed by atoms with Gasteiger partial charge in [0.25, 0.3) is 5.91 Å². The maximum absolute atomic E-state index is 12.7. The van der Waals surface area contributed by atoms with Crippen LogP contribution in [0, 0.1) is 11.3 Å². The molecule has 0 bridgehead atoms. The average Bonchev–Trinajstić information content (AvgIpc) is 2.67. The monoisotopic (exact) mass is 357 g/mol. The number of carbonyl (C=O) groups is 2. The van der Waals surface area contributed by atoms with Crippen LogP contribution >= 0.6 is 0 Å². The van der Waals surface area contributed by atoms with Crippen molar-refractivity contribution in [3.63, 3.8) is 0 Å². The van der Waals surface area contributed by atoms with E-state index >= 15 is 0 Å². The van der Waals surface area contributed by atoms with Gasteiger partial charge in [0, 0.05) is 6.54 Å². The van der Waals surface area contributed by atoms with E-state index in [1.54, 1.807) is 24.3 Å². The molecule has 2 N–H and O–H groups in total. The van der Waals surface area contributed by atoms with Crippen molar-refractivity contribution in [2.24, 2.45) is 0 Å². The summed E-state index contributed by atoms with van der Waals surface area (Å²) in [6, 6.07) is 8.61. The van der Waals surface area contributed by atoms with Crippen LogP contribution < -0.4 is 15.4 Å². The van der Waals surface area contributed by atoms with E-state index in [0.717, 1.165) is 32.1 Å². The third-order valence-electron chi connectivity index (χ3n) is 4.69. The highest BCUT2D eigenvalue weighted by Crippen LogP contribution is 2.28. The van der Waals surface area contributed by atoms with E-state index in [1.807, 2.05) is 6.07 Å². The lowest BCUT2D eigenvalue weighted by Gasteiger charge is -2.36. The van der Waals surface area contributed by atoms with Crippen molar-refractivity contribution in [3.05, 3.63) is 29.8 Å². The largest absolute Gasteiger partial charge is 0.484 e. The maximum Gasteiger partial charge on any atom is 0.258 e. The Labute approximate surface area is 154 Å². The molecule has 0 saturated heterocycles. The van der Waals surface area contributed by atoms with Gasteiger partial charge in [-0.05, 0) is 43.5 Å². The number of carbonyl (C=O) groups excluding carboxylic acids is 2. The Morgan fingerprint density at radius 1 is 1.19 bits per heavy atom. The number of nitrogens with zero attached hydrogens (tertiary/aromatic N) is 1. The fourth-order valence-corrected chi connectivity index (χ4v) is 3.19. The van der Waals surface area contributed by atoms with Gasteiger partial charge in [-0.3, -0.25) is 9.59 Å². The van der Waals surface area contributed by atoms with Gasteiger partial charge in [-0.25, -0.2) is 0 Å². The first-order valence-corrected chi connectivity index (χ1v) is 9.32. The normalized spacial score (nSPS) is 15.5. The molecule has 0 aliphatic heterocycles. The molecule has 0 atom stereocenters. The minimum atomic E-state index is -0.822. The second kappa shape index (κ2) is 9.81. The molecule has 0 radical (unpaired) electrons. The lowest BCUT2D eigenvalue weighted by molar-refractivity contribution is -0.135. The highest BCUT2D eigenvalue weighted by Gasteiger charge is 2.40. The van der Waals surface area contributed by atoms with Crippen LogP contribution in [-0.4, -0.2) is 30.5 Å². The molecule has 0 aromatic heterocycles. The minimum Gasteiger partial charge on any atom is -0.484 e. The summed E-state index contributed by atoms with van der Waals surface area (Å²) in [5.74, 6) is 0.128. The number of hydrogen-bond donors (Lipinski definition) is 2. The number of benzene rings is 1. The zero-order valence-corrected chi connectivity index (χ0v) is 15.3. The number of nitriles is 1. The third kappa shape index (κ3) is 5.48. The molecule has 0 unspecified atom stereocenters. The molecule has 1 saturated carbocycles. The Morgan fingerprint density at radius 3 is 2.50 bits per heavy atom. The van der Waals surface area contributed by atoms with Crippen LogP contribution in [0.1, 0.15) is 57.4 Å². The van der Waals surface area contributed by atoms with E-state index in [4.69, 9.17) is 10.00 Å². The average molecular weight is 357 g/mol. The van der Waals surface area contributed by atoms with Crippen molar-refractivity contribution in [1.29, 1.82) is 5.26 Å². The quantitative estimate of drug-likeness (QED) is 0.700. The number of nitrogens with one attached hydrogen (secondary N) is 2. The van der Waals surface area contributed by atoms with Gasteiger partial charge in [-0.1, -0.05) is 32.6 Å². The van der Waals surface area contributed by atoms with Crippen molar-refractivity contribution in [3.8, 4) is 11.8 Å². The predicted molar refractivity (Wildman–Crippen MR) is 98.5 cm³/mol. The summed E-state index contributed by atoms with van der Waals surface area (Å²) in [6.07, 6.45) is 6.20. The lowest BCUT2D eigenvalue weighted by Crippen LogP contribution is -2.60. The Bertz CT molecular complexity index is 643. The topological polar surface area (TPSA) is 91.2 Å². The van der Waals surface area contributed by atoms with Crippen LogP contribution in [0.25, 0.3) is 0 Å². The van der Waals surface area contributed by atoms with Crippen LogP contribution in [0.3, 0.4) is 0 Å². The maximum atomic E-state index is 12.7. The number of ether oxygens (including phenoxy) is 1. The van der Waals surface area contributed by atoms with Gasteiger partial charge in [0.15, 0.2) is 6.61 Å². The zero-order valence-electron chi connectivity index (χ0n) is 15.3. The second-order valence-electron chi connectivity index (χ2n) is 6.73. The lowest BCUT2D eigenvalue weighted by atomic mass is 9.80. The number of amides is 2. The predicted octanol–water partition coefficient (Wildman–Crippen LogP) is 2.67. The first-order valence-electron chi connectivity index (χ1n) is 9.32. The summed E-state index contributed by atoms with van der Waals surface area (Å²) >= 11 is 0. The molecule has 2 amide bonds. The summed E-state index contributed by atoms with van der Waals surface area (Å²) in [5, 5.41) is 14.7. The van der Waals surface area contributed by atoms with E-state index in [1.165, 1.54) is 0 Å². The van der Waals surface area contributed by atoms with Gasteiger partial charge in [0.05, 0.1) is 11.6 Å². The molecule has 1 fully saturated rings. The molecule has 6 nitrogen and oxygen atoms in total. The van der Waals surface area contributed by atoms with Crippen molar-refractivity contribution in [1.82, 2.24) is 10.6 Å². The van der Waals surface area contributed by atoms with Crippen LogP contribution in [0.2, 0.25) is 0 Å².